The molecule has 5 heteroatoms. The van der Waals surface area contributed by atoms with E-state index in [2.05, 4.69) is 10.2 Å². The summed E-state index contributed by atoms with van der Waals surface area (Å²) in [4.78, 5) is 13.8. The highest BCUT2D eigenvalue weighted by Crippen LogP contribution is 2.11. The third-order valence-corrected chi connectivity index (χ3v) is 3.48. The van der Waals surface area contributed by atoms with Crippen molar-refractivity contribution in [3.63, 3.8) is 0 Å². The van der Waals surface area contributed by atoms with Gasteiger partial charge in [-0.05, 0) is 25.7 Å². The van der Waals surface area contributed by atoms with Gasteiger partial charge in [0.2, 0.25) is 5.91 Å². The first-order chi connectivity index (χ1) is 8.24. The molecule has 2 saturated heterocycles. The van der Waals surface area contributed by atoms with Gasteiger partial charge in [0.05, 0.1) is 18.8 Å². The Hall–Kier alpha value is -0.650. The number of carbonyl (C=O) groups is 1. The van der Waals surface area contributed by atoms with Crippen molar-refractivity contribution < 1.29 is 14.6 Å². The molecule has 0 aromatic carbocycles. The first-order valence-corrected chi connectivity index (χ1v) is 6.53. The molecule has 0 aromatic rings. The molecule has 5 nitrogen and oxygen atoms in total. The van der Waals surface area contributed by atoms with E-state index in [9.17, 15) is 9.90 Å². The van der Waals surface area contributed by atoms with Crippen molar-refractivity contribution in [1.82, 2.24) is 10.2 Å². The molecular weight excluding hydrogens is 220 g/mol. The van der Waals surface area contributed by atoms with Gasteiger partial charge in [-0.25, -0.2) is 0 Å². The van der Waals surface area contributed by atoms with Crippen molar-refractivity contribution in [3.8, 4) is 0 Å². The van der Waals surface area contributed by atoms with Crippen LogP contribution in [0.5, 0.6) is 0 Å². The predicted octanol–water partition coefficient (Wildman–Crippen LogP) is -0.262. The number of carbonyl (C=O) groups excluding carboxylic acids is 1. The monoisotopic (exact) mass is 242 g/mol. The van der Waals surface area contributed by atoms with Gasteiger partial charge in [-0.15, -0.1) is 0 Å². The lowest BCUT2D eigenvalue weighted by molar-refractivity contribution is -0.123. The highest BCUT2D eigenvalue weighted by Gasteiger charge is 2.20. The number of nitrogens with zero attached hydrogens (tertiary/aromatic N) is 1. The molecule has 98 valence electrons. The summed E-state index contributed by atoms with van der Waals surface area (Å²) >= 11 is 0. The molecule has 17 heavy (non-hydrogen) atoms. The second-order valence-electron chi connectivity index (χ2n) is 4.95. The zero-order valence-electron chi connectivity index (χ0n) is 10.2. The number of nitrogens with one attached hydrogen (secondary N) is 1. The van der Waals surface area contributed by atoms with E-state index in [1.807, 2.05) is 0 Å². The molecule has 0 aromatic heterocycles. The van der Waals surface area contributed by atoms with Crippen LogP contribution in [0.15, 0.2) is 0 Å². The lowest BCUT2D eigenvalue weighted by Gasteiger charge is -2.28. The highest BCUT2D eigenvalue weighted by atomic mass is 16.5. The van der Waals surface area contributed by atoms with Gasteiger partial charge in [0.1, 0.15) is 0 Å². The summed E-state index contributed by atoms with van der Waals surface area (Å²) in [6.45, 7) is 3.53. The fraction of sp³-hybridized carbons (Fsp3) is 0.917. The zero-order valence-corrected chi connectivity index (χ0v) is 10.2. The molecule has 0 unspecified atom stereocenters. The van der Waals surface area contributed by atoms with Crippen molar-refractivity contribution in [3.05, 3.63) is 0 Å². The van der Waals surface area contributed by atoms with Gasteiger partial charge in [-0.3, -0.25) is 9.69 Å². The lowest BCUT2D eigenvalue weighted by atomic mass is 10.1. The molecule has 2 heterocycles. The maximum atomic E-state index is 11.7. The number of hydrogen-bond donors (Lipinski definition) is 2. The highest BCUT2D eigenvalue weighted by molar-refractivity contribution is 5.78. The molecule has 0 aliphatic carbocycles. The summed E-state index contributed by atoms with van der Waals surface area (Å²) in [6, 6.07) is 0. The van der Waals surface area contributed by atoms with Crippen LogP contribution >= 0.6 is 0 Å². The number of aliphatic hydroxyl groups excluding tert-OH is 1. The van der Waals surface area contributed by atoms with Gasteiger partial charge in [0.25, 0.3) is 0 Å². The Bertz CT molecular complexity index is 246. The number of rotatable bonds is 4. The molecular formula is C12H22N2O3. The van der Waals surface area contributed by atoms with Gasteiger partial charge in [0, 0.05) is 26.2 Å². The molecule has 1 amide bonds. The Morgan fingerprint density at radius 1 is 1.35 bits per heavy atom. The fourth-order valence-corrected chi connectivity index (χ4v) is 2.37. The third-order valence-electron chi connectivity index (χ3n) is 3.48. The normalized spacial score (nSPS) is 27.2. The molecule has 0 saturated carbocycles. The van der Waals surface area contributed by atoms with E-state index in [4.69, 9.17) is 4.74 Å². The summed E-state index contributed by atoms with van der Waals surface area (Å²) in [5, 5.41) is 12.3. The quantitative estimate of drug-likeness (QED) is 0.713. The van der Waals surface area contributed by atoms with E-state index < -0.39 is 0 Å². The Morgan fingerprint density at radius 3 is 2.76 bits per heavy atom. The Morgan fingerprint density at radius 2 is 2.12 bits per heavy atom. The van der Waals surface area contributed by atoms with E-state index >= 15 is 0 Å². The first kappa shape index (κ1) is 12.8. The zero-order chi connectivity index (χ0) is 12.1. The molecule has 0 spiro atoms. The van der Waals surface area contributed by atoms with Crippen LogP contribution < -0.4 is 5.32 Å². The maximum Gasteiger partial charge on any atom is 0.234 e. The number of ether oxygens (including phenoxy) is 1. The summed E-state index contributed by atoms with van der Waals surface area (Å²) in [6.07, 6.45) is 3.74. The van der Waals surface area contributed by atoms with Gasteiger partial charge in [0.15, 0.2) is 0 Å². The minimum absolute atomic E-state index is 0.0666. The van der Waals surface area contributed by atoms with Crippen molar-refractivity contribution in [2.45, 2.75) is 37.9 Å². The number of hydrogen-bond acceptors (Lipinski definition) is 4. The van der Waals surface area contributed by atoms with Crippen LogP contribution in [0, 0.1) is 0 Å². The van der Waals surface area contributed by atoms with Gasteiger partial charge in [-0.1, -0.05) is 0 Å². The summed E-state index contributed by atoms with van der Waals surface area (Å²) in [7, 11) is 0. The maximum absolute atomic E-state index is 11.7. The van der Waals surface area contributed by atoms with Crippen LogP contribution in [0.1, 0.15) is 25.7 Å². The Labute approximate surface area is 102 Å². The fourth-order valence-electron chi connectivity index (χ4n) is 2.37. The lowest BCUT2D eigenvalue weighted by Crippen LogP contribution is -2.44. The van der Waals surface area contributed by atoms with Crippen LogP contribution in [0.25, 0.3) is 0 Å². The van der Waals surface area contributed by atoms with Crippen LogP contribution in [-0.2, 0) is 9.53 Å². The second kappa shape index (κ2) is 6.33. The minimum atomic E-state index is -0.179. The number of likely N-dealkylation sites (tertiary alicyclic amines) is 1. The van der Waals surface area contributed by atoms with Crippen molar-refractivity contribution >= 4 is 5.91 Å². The molecule has 2 aliphatic heterocycles. The Balaban J connectivity index is 1.60. The topological polar surface area (TPSA) is 61.8 Å². The van der Waals surface area contributed by atoms with Gasteiger partial charge < -0.3 is 15.2 Å². The summed E-state index contributed by atoms with van der Waals surface area (Å²) in [5.41, 5.74) is 0. The Kier molecular flexibility index (Phi) is 4.76. The van der Waals surface area contributed by atoms with Crippen molar-refractivity contribution in [1.29, 1.82) is 0 Å². The molecule has 1 atom stereocenters. The average molecular weight is 242 g/mol. The minimum Gasteiger partial charge on any atom is -0.393 e. The molecule has 0 radical (unpaired) electrons. The SMILES string of the molecule is O=C(CN1CCC(O)CC1)NC[C@@H]1CCCO1. The van der Waals surface area contributed by atoms with E-state index in [-0.39, 0.29) is 18.1 Å². The summed E-state index contributed by atoms with van der Waals surface area (Å²) in [5.74, 6) is 0.0666. The van der Waals surface area contributed by atoms with Crippen LogP contribution in [0.3, 0.4) is 0 Å². The molecule has 2 aliphatic rings. The van der Waals surface area contributed by atoms with E-state index in [0.717, 1.165) is 45.4 Å². The van der Waals surface area contributed by atoms with E-state index in [1.165, 1.54) is 0 Å². The van der Waals surface area contributed by atoms with Crippen molar-refractivity contribution in [2.75, 3.05) is 32.8 Å². The smallest absolute Gasteiger partial charge is 0.234 e. The van der Waals surface area contributed by atoms with E-state index in [1.54, 1.807) is 0 Å². The number of piperidine rings is 1. The van der Waals surface area contributed by atoms with Gasteiger partial charge in [-0.2, -0.15) is 0 Å². The molecule has 2 fully saturated rings. The molecule has 2 N–H and O–H groups in total. The molecule has 0 bridgehead atoms. The predicted molar refractivity (Wildman–Crippen MR) is 63.7 cm³/mol. The molecule has 2 rings (SSSR count). The first-order valence-electron chi connectivity index (χ1n) is 6.53. The number of aliphatic hydroxyl groups is 1. The van der Waals surface area contributed by atoms with Crippen molar-refractivity contribution in [2.24, 2.45) is 0 Å². The third kappa shape index (κ3) is 4.26. The standard InChI is InChI=1S/C12H22N2O3/c15-10-3-5-14(6-4-10)9-12(16)13-8-11-2-1-7-17-11/h10-11,15H,1-9H2,(H,13,16)/t11-/m0/s1. The van der Waals surface area contributed by atoms with Crippen LogP contribution in [-0.4, -0.2) is 60.9 Å². The van der Waals surface area contributed by atoms with Crippen LogP contribution in [0.2, 0.25) is 0 Å². The second-order valence-corrected chi connectivity index (χ2v) is 4.95. The van der Waals surface area contributed by atoms with E-state index in [0.29, 0.717) is 13.1 Å². The largest absolute Gasteiger partial charge is 0.393 e. The van der Waals surface area contributed by atoms with Crippen LogP contribution in [0.4, 0.5) is 0 Å². The van der Waals surface area contributed by atoms with Gasteiger partial charge >= 0.3 is 0 Å². The number of amides is 1. The summed E-state index contributed by atoms with van der Waals surface area (Å²) < 4.78 is 5.45. The average Bonchev–Trinajstić information content (AvgIpc) is 2.83.